The summed E-state index contributed by atoms with van der Waals surface area (Å²) in [5.74, 6) is 0.752. The van der Waals surface area contributed by atoms with E-state index in [4.69, 9.17) is 4.74 Å². The highest BCUT2D eigenvalue weighted by molar-refractivity contribution is 7.11. The van der Waals surface area contributed by atoms with E-state index in [1.165, 1.54) is 12.8 Å². The Morgan fingerprint density at radius 3 is 2.73 bits per heavy atom. The molecule has 4 rings (SSSR count). The van der Waals surface area contributed by atoms with Crippen molar-refractivity contribution < 1.29 is 9.53 Å². The molecule has 0 saturated carbocycles. The zero-order chi connectivity index (χ0) is 14.9. The summed E-state index contributed by atoms with van der Waals surface area (Å²) in [5, 5.41) is 9.51. The molecule has 1 aromatic carbocycles. The smallest absolute Gasteiger partial charge is 0.251 e. The van der Waals surface area contributed by atoms with Crippen LogP contribution in [0.3, 0.4) is 0 Å². The van der Waals surface area contributed by atoms with Gasteiger partial charge >= 0.3 is 0 Å². The quantitative estimate of drug-likeness (QED) is 0.911. The highest BCUT2D eigenvalue weighted by Gasteiger charge is 2.39. The van der Waals surface area contributed by atoms with Crippen LogP contribution in [-0.4, -0.2) is 24.0 Å². The molecule has 2 saturated heterocycles. The first-order valence-corrected chi connectivity index (χ1v) is 8.54. The molecule has 2 bridgehead atoms. The second kappa shape index (κ2) is 5.74. The molecule has 2 aliphatic rings. The predicted octanol–water partition coefficient (Wildman–Crippen LogP) is 3.16. The maximum atomic E-state index is 12.3. The molecule has 0 aliphatic carbocycles. The molecule has 0 unspecified atom stereocenters. The molecule has 2 N–H and O–H groups in total. The van der Waals surface area contributed by atoms with Crippen LogP contribution in [-0.2, 0) is 0 Å². The molecule has 0 radical (unpaired) electrons. The Hall–Kier alpha value is -1.85. The van der Waals surface area contributed by atoms with E-state index in [-0.39, 0.29) is 11.9 Å². The Morgan fingerprint density at radius 2 is 2.09 bits per heavy atom. The molecule has 4 nitrogen and oxygen atoms in total. The number of hydrogen-bond acceptors (Lipinski definition) is 4. The minimum absolute atomic E-state index is 0.00187. The van der Waals surface area contributed by atoms with Crippen LogP contribution >= 0.6 is 11.3 Å². The van der Waals surface area contributed by atoms with Gasteiger partial charge in [-0.3, -0.25) is 4.79 Å². The Labute approximate surface area is 133 Å². The van der Waals surface area contributed by atoms with Gasteiger partial charge in [-0.1, -0.05) is 0 Å². The lowest BCUT2D eigenvalue weighted by Gasteiger charge is -2.21. The SMILES string of the molecule is O=C(N[C@@H]1C[C@H]2CC[C@@H]1N2)c1ccc(Oc2cccs2)cc1. The molecule has 2 aromatic rings. The number of rotatable bonds is 4. The fraction of sp³-hybridized carbons (Fsp3) is 0.353. The van der Waals surface area contributed by atoms with Crippen LogP contribution in [0.5, 0.6) is 10.8 Å². The van der Waals surface area contributed by atoms with E-state index < -0.39 is 0 Å². The molecule has 1 amide bonds. The first kappa shape index (κ1) is 13.8. The van der Waals surface area contributed by atoms with E-state index in [2.05, 4.69) is 10.6 Å². The average Bonchev–Trinajstić information content (AvgIpc) is 3.25. The molecule has 22 heavy (non-hydrogen) atoms. The van der Waals surface area contributed by atoms with Gasteiger partial charge < -0.3 is 15.4 Å². The zero-order valence-electron chi connectivity index (χ0n) is 12.1. The van der Waals surface area contributed by atoms with Gasteiger partial charge in [-0.15, -0.1) is 11.3 Å². The standard InChI is InChI=1S/C17H18N2O2S/c20-17(19-15-10-12-5-8-14(15)18-12)11-3-6-13(7-4-11)21-16-2-1-9-22-16/h1-4,6-7,9,12,14-15,18H,5,8,10H2,(H,19,20)/t12-,14+,15-/m1/s1. The molecule has 3 atom stereocenters. The molecule has 5 heteroatoms. The number of hydrogen-bond donors (Lipinski definition) is 2. The average molecular weight is 314 g/mol. The number of ether oxygens (including phenoxy) is 1. The molecule has 2 aliphatic heterocycles. The third-order valence-electron chi connectivity index (χ3n) is 4.45. The first-order chi connectivity index (χ1) is 10.8. The van der Waals surface area contributed by atoms with Crippen LogP contribution in [0.25, 0.3) is 0 Å². The normalized spacial score (nSPS) is 26.1. The maximum Gasteiger partial charge on any atom is 0.251 e. The van der Waals surface area contributed by atoms with Crippen molar-refractivity contribution in [3.8, 4) is 10.8 Å². The lowest BCUT2D eigenvalue weighted by molar-refractivity contribution is 0.0931. The molecule has 1 aromatic heterocycles. The number of carbonyl (C=O) groups excluding carboxylic acids is 1. The summed E-state index contributed by atoms with van der Waals surface area (Å²) in [7, 11) is 0. The zero-order valence-corrected chi connectivity index (χ0v) is 12.9. The van der Waals surface area contributed by atoms with Crippen LogP contribution in [0.1, 0.15) is 29.6 Å². The summed E-state index contributed by atoms with van der Waals surface area (Å²) in [6.07, 6.45) is 3.46. The van der Waals surface area contributed by atoms with Gasteiger partial charge in [-0.2, -0.15) is 0 Å². The van der Waals surface area contributed by atoms with E-state index >= 15 is 0 Å². The summed E-state index contributed by atoms with van der Waals surface area (Å²) < 4.78 is 5.70. The van der Waals surface area contributed by atoms with E-state index in [0.29, 0.717) is 17.6 Å². The molecule has 3 heterocycles. The van der Waals surface area contributed by atoms with Crippen LogP contribution in [0, 0.1) is 0 Å². The molecule has 0 spiro atoms. The van der Waals surface area contributed by atoms with E-state index in [0.717, 1.165) is 17.2 Å². The maximum absolute atomic E-state index is 12.3. The van der Waals surface area contributed by atoms with Crippen molar-refractivity contribution in [1.82, 2.24) is 10.6 Å². The van der Waals surface area contributed by atoms with Gasteiger partial charge in [-0.05, 0) is 61.0 Å². The largest absolute Gasteiger partial charge is 0.447 e. The second-order valence-electron chi connectivity index (χ2n) is 5.92. The third kappa shape index (κ3) is 2.74. The highest BCUT2D eigenvalue weighted by atomic mass is 32.1. The van der Waals surface area contributed by atoms with Gasteiger partial charge in [-0.25, -0.2) is 0 Å². The monoisotopic (exact) mass is 314 g/mol. The van der Waals surface area contributed by atoms with Gasteiger partial charge in [0.1, 0.15) is 5.75 Å². The van der Waals surface area contributed by atoms with Gasteiger partial charge in [0.15, 0.2) is 5.06 Å². The van der Waals surface area contributed by atoms with Crippen molar-refractivity contribution in [3.05, 3.63) is 47.3 Å². The van der Waals surface area contributed by atoms with E-state index in [1.807, 2.05) is 41.8 Å². The third-order valence-corrected chi connectivity index (χ3v) is 5.19. The summed E-state index contributed by atoms with van der Waals surface area (Å²) in [5.41, 5.74) is 0.682. The number of amides is 1. The Morgan fingerprint density at radius 1 is 1.23 bits per heavy atom. The van der Waals surface area contributed by atoms with Crippen molar-refractivity contribution in [1.29, 1.82) is 0 Å². The lowest BCUT2D eigenvalue weighted by atomic mass is 9.95. The van der Waals surface area contributed by atoms with E-state index in [1.54, 1.807) is 11.3 Å². The fourth-order valence-electron chi connectivity index (χ4n) is 3.35. The van der Waals surface area contributed by atoms with Crippen LogP contribution in [0.4, 0.5) is 0 Å². The Bertz CT molecular complexity index is 654. The van der Waals surface area contributed by atoms with Crippen molar-refractivity contribution in [2.24, 2.45) is 0 Å². The Balaban J connectivity index is 1.38. The molecule has 2 fully saturated rings. The van der Waals surface area contributed by atoms with Gasteiger partial charge in [0.25, 0.3) is 5.91 Å². The summed E-state index contributed by atoms with van der Waals surface area (Å²) in [6.45, 7) is 0. The minimum atomic E-state index is 0.00187. The first-order valence-electron chi connectivity index (χ1n) is 7.66. The number of fused-ring (bicyclic) bond motifs is 2. The molecular formula is C17H18N2O2S. The number of benzene rings is 1. The van der Waals surface area contributed by atoms with Crippen LogP contribution in [0.2, 0.25) is 0 Å². The molecular weight excluding hydrogens is 296 g/mol. The van der Waals surface area contributed by atoms with Crippen LogP contribution < -0.4 is 15.4 Å². The number of nitrogens with one attached hydrogen (secondary N) is 2. The van der Waals surface area contributed by atoms with Gasteiger partial charge in [0.2, 0.25) is 0 Å². The van der Waals surface area contributed by atoms with Crippen molar-refractivity contribution >= 4 is 17.2 Å². The van der Waals surface area contributed by atoms with Crippen LogP contribution in [0.15, 0.2) is 41.8 Å². The van der Waals surface area contributed by atoms with Crippen molar-refractivity contribution in [2.45, 2.75) is 37.4 Å². The molecule has 114 valence electrons. The fourth-order valence-corrected chi connectivity index (χ4v) is 3.94. The van der Waals surface area contributed by atoms with Gasteiger partial charge in [0, 0.05) is 23.7 Å². The van der Waals surface area contributed by atoms with Crippen molar-refractivity contribution in [3.63, 3.8) is 0 Å². The Kier molecular flexibility index (Phi) is 3.60. The lowest BCUT2D eigenvalue weighted by Crippen LogP contribution is -2.42. The topological polar surface area (TPSA) is 50.4 Å². The summed E-state index contributed by atoms with van der Waals surface area (Å²) in [4.78, 5) is 12.3. The second-order valence-corrected chi connectivity index (χ2v) is 6.83. The van der Waals surface area contributed by atoms with E-state index in [9.17, 15) is 4.79 Å². The summed E-state index contributed by atoms with van der Waals surface area (Å²) in [6, 6.07) is 12.5. The minimum Gasteiger partial charge on any atom is -0.447 e. The van der Waals surface area contributed by atoms with Crippen molar-refractivity contribution in [2.75, 3.05) is 0 Å². The van der Waals surface area contributed by atoms with Gasteiger partial charge in [0.05, 0.1) is 0 Å². The summed E-state index contributed by atoms with van der Waals surface area (Å²) >= 11 is 1.55. The predicted molar refractivity (Wildman–Crippen MR) is 86.7 cm³/mol. The highest BCUT2D eigenvalue weighted by Crippen LogP contribution is 2.29. The number of thiophene rings is 1. The number of carbonyl (C=O) groups is 1.